The van der Waals surface area contributed by atoms with Gasteiger partial charge >= 0.3 is 5.97 Å². The maximum atomic E-state index is 12.0. The van der Waals surface area contributed by atoms with Gasteiger partial charge in [-0.25, -0.2) is 9.78 Å². The van der Waals surface area contributed by atoms with E-state index < -0.39 is 11.9 Å². The molecule has 2 heterocycles. The van der Waals surface area contributed by atoms with Gasteiger partial charge in [0.25, 0.3) is 5.91 Å². The number of carboxylic acid groups (broad SMARTS) is 1. The van der Waals surface area contributed by atoms with Gasteiger partial charge in [-0.15, -0.1) is 11.3 Å². The fraction of sp³-hybridized carbons (Fsp3) is 0.0833. The second kappa shape index (κ2) is 5.38. The summed E-state index contributed by atoms with van der Waals surface area (Å²) in [5.74, 6) is -1.49. The number of nitrogens with zero attached hydrogens (tertiary/aromatic N) is 1. The van der Waals surface area contributed by atoms with Crippen molar-refractivity contribution in [1.82, 2.24) is 4.98 Å². The van der Waals surface area contributed by atoms with Crippen molar-refractivity contribution in [3.05, 3.63) is 44.9 Å². The zero-order chi connectivity index (χ0) is 14.0. The van der Waals surface area contributed by atoms with Crippen molar-refractivity contribution in [2.24, 2.45) is 0 Å². The summed E-state index contributed by atoms with van der Waals surface area (Å²) in [5, 5.41) is 13.6. The quantitative estimate of drug-likeness (QED) is 0.853. The molecule has 0 unspecified atom stereocenters. The summed E-state index contributed by atoms with van der Waals surface area (Å²) >= 11 is 6.71. The molecule has 2 rings (SSSR count). The summed E-state index contributed by atoms with van der Waals surface area (Å²) in [6.45, 7) is 1.73. The van der Waals surface area contributed by atoms with Gasteiger partial charge in [-0.2, -0.15) is 0 Å². The highest BCUT2D eigenvalue weighted by molar-refractivity contribution is 7.12. The fourth-order valence-corrected chi connectivity index (χ4v) is 2.41. The smallest absolute Gasteiger partial charge is 0.348 e. The second-order valence-corrected chi connectivity index (χ2v) is 5.02. The molecule has 0 saturated carbocycles. The van der Waals surface area contributed by atoms with Crippen LogP contribution in [0.4, 0.5) is 5.69 Å². The van der Waals surface area contributed by atoms with E-state index in [1.54, 1.807) is 12.3 Å². The average molecular weight is 297 g/mol. The normalized spacial score (nSPS) is 10.2. The van der Waals surface area contributed by atoms with Crippen LogP contribution in [0, 0.1) is 6.92 Å². The number of hydrogen-bond donors (Lipinski definition) is 2. The Morgan fingerprint density at radius 2 is 2.16 bits per heavy atom. The lowest BCUT2D eigenvalue weighted by atomic mass is 10.2. The van der Waals surface area contributed by atoms with Gasteiger partial charge in [-0.05, 0) is 30.0 Å². The molecule has 2 aromatic heterocycles. The Kier molecular flexibility index (Phi) is 3.82. The largest absolute Gasteiger partial charge is 0.477 e. The molecule has 98 valence electrons. The van der Waals surface area contributed by atoms with E-state index in [-0.39, 0.29) is 10.0 Å². The fourth-order valence-electron chi connectivity index (χ4n) is 1.45. The van der Waals surface area contributed by atoms with Crippen LogP contribution in [0.1, 0.15) is 25.6 Å². The lowest BCUT2D eigenvalue weighted by Crippen LogP contribution is -2.14. The predicted molar refractivity (Wildman–Crippen MR) is 73.2 cm³/mol. The number of pyridine rings is 1. The number of hydrogen-bond acceptors (Lipinski definition) is 4. The molecule has 0 aliphatic carbocycles. The number of carbonyl (C=O) groups is 2. The van der Waals surface area contributed by atoms with Gasteiger partial charge in [0, 0.05) is 6.20 Å². The van der Waals surface area contributed by atoms with Gasteiger partial charge in [-0.1, -0.05) is 11.6 Å². The molecule has 0 aliphatic rings. The van der Waals surface area contributed by atoms with Gasteiger partial charge < -0.3 is 10.4 Å². The van der Waals surface area contributed by atoms with Gasteiger partial charge in [0.2, 0.25) is 0 Å². The van der Waals surface area contributed by atoms with Crippen LogP contribution in [-0.2, 0) is 0 Å². The van der Waals surface area contributed by atoms with E-state index in [0.717, 1.165) is 11.3 Å². The minimum Gasteiger partial charge on any atom is -0.477 e. The van der Waals surface area contributed by atoms with E-state index in [1.807, 2.05) is 0 Å². The Labute approximate surface area is 117 Å². The van der Waals surface area contributed by atoms with Crippen LogP contribution in [0.2, 0.25) is 5.15 Å². The van der Waals surface area contributed by atoms with Crippen molar-refractivity contribution in [1.29, 1.82) is 0 Å². The topological polar surface area (TPSA) is 79.3 Å². The van der Waals surface area contributed by atoms with Crippen molar-refractivity contribution in [2.75, 3.05) is 5.32 Å². The summed E-state index contributed by atoms with van der Waals surface area (Å²) in [6, 6.07) is 3.02. The summed E-state index contributed by atoms with van der Waals surface area (Å²) in [6.07, 6.45) is 1.33. The van der Waals surface area contributed by atoms with Gasteiger partial charge in [0.05, 0.1) is 11.3 Å². The highest BCUT2D eigenvalue weighted by atomic mass is 35.5. The molecule has 7 heteroatoms. The van der Waals surface area contributed by atoms with Crippen LogP contribution in [0.15, 0.2) is 23.7 Å². The van der Waals surface area contributed by atoms with Gasteiger partial charge in [0.1, 0.15) is 10.0 Å². The molecule has 2 N–H and O–H groups in total. The number of aryl methyl sites for hydroxylation is 1. The molecule has 0 fully saturated rings. The molecule has 0 spiro atoms. The number of amides is 1. The molecule has 2 aromatic rings. The Hall–Kier alpha value is -1.92. The van der Waals surface area contributed by atoms with Crippen molar-refractivity contribution < 1.29 is 14.7 Å². The SMILES string of the molecule is Cc1csc(C(=O)O)c1NC(=O)c1ccc(Cl)nc1. The maximum absolute atomic E-state index is 12.0. The number of rotatable bonds is 3. The zero-order valence-electron chi connectivity index (χ0n) is 9.81. The highest BCUT2D eigenvalue weighted by Gasteiger charge is 2.18. The first-order valence-electron chi connectivity index (χ1n) is 5.23. The van der Waals surface area contributed by atoms with Crippen LogP contribution in [-0.4, -0.2) is 22.0 Å². The Morgan fingerprint density at radius 1 is 1.42 bits per heavy atom. The molecule has 1 amide bonds. The predicted octanol–water partition coefficient (Wildman–Crippen LogP) is 3.06. The standard InChI is InChI=1S/C12H9ClN2O3S/c1-6-5-19-10(12(17)18)9(6)15-11(16)7-2-3-8(13)14-4-7/h2-5H,1H3,(H,15,16)(H,17,18). The Morgan fingerprint density at radius 3 is 2.74 bits per heavy atom. The van der Waals surface area contributed by atoms with Gasteiger partial charge in [0.15, 0.2) is 0 Å². The molecule has 5 nitrogen and oxygen atoms in total. The molecule has 0 radical (unpaired) electrons. The van der Waals surface area contributed by atoms with Crippen LogP contribution < -0.4 is 5.32 Å². The van der Waals surface area contributed by atoms with E-state index >= 15 is 0 Å². The van der Waals surface area contributed by atoms with E-state index in [0.29, 0.717) is 16.8 Å². The first-order valence-corrected chi connectivity index (χ1v) is 6.49. The number of anilines is 1. The van der Waals surface area contributed by atoms with Gasteiger partial charge in [-0.3, -0.25) is 4.79 Å². The second-order valence-electron chi connectivity index (χ2n) is 3.75. The Balaban J connectivity index is 2.26. The maximum Gasteiger partial charge on any atom is 0.348 e. The number of carbonyl (C=O) groups excluding carboxylic acids is 1. The first-order chi connectivity index (χ1) is 8.99. The third kappa shape index (κ3) is 2.91. The molecule has 0 aromatic carbocycles. The molecule has 0 atom stereocenters. The van der Waals surface area contributed by atoms with E-state index in [9.17, 15) is 9.59 Å². The molecular formula is C12H9ClN2O3S. The number of halogens is 1. The Bertz CT molecular complexity index is 637. The molecule has 0 saturated heterocycles. The summed E-state index contributed by atoms with van der Waals surface area (Å²) in [5.41, 5.74) is 1.33. The molecule has 19 heavy (non-hydrogen) atoms. The highest BCUT2D eigenvalue weighted by Crippen LogP contribution is 2.28. The number of aromatic nitrogens is 1. The van der Waals surface area contributed by atoms with E-state index in [2.05, 4.69) is 10.3 Å². The summed E-state index contributed by atoms with van der Waals surface area (Å²) < 4.78 is 0. The van der Waals surface area contributed by atoms with Crippen LogP contribution in [0.5, 0.6) is 0 Å². The first kappa shape index (κ1) is 13.5. The van der Waals surface area contributed by atoms with Crippen molar-refractivity contribution in [3.63, 3.8) is 0 Å². The van der Waals surface area contributed by atoms with Crippen molar-refractivity contribution >= 4 is 40.5 Å². The van der Waals surface area contributed by atoms with E-state index in [1.165, 1.54) is 18.3 Å². The third-order valence-corrected chi connectivity index (χ3v) is 3.71. The minimum absolute atomic E-state index is 0.104. The monoisotopic (exact) mass is 296 g/mol. The number of aromatic carboxylic acids is 1. The summed E-state index contributed by atoms with van der Waals surface area (Å²) in [7, 11) is 0. The minimum atomic E-state index is -1.07. The van der Waals surface area contributed by atoms with Crippen LogP contribution in [0.25, 0.3) is 0 Å². The average Bonchev–Trinajstić information content (AvgIpc) is 2.72. The number of carboxylic acids is 1. The third-order valence-electron chi connectivity index (χ3n) is 2.40. The molecular weight excluding hydrogens is 288 g/mol. The lowest BCUT2D eigenvalue weighted by Gasteiger charge is -2.06. The summed E-state index contributed by atoms with van der Waals surface area (Å²) in [4.78, 5) is 26.9. The molecule has 0 bridgehead atoms. The number of nitrogens with one attached hydrogen (secondary N) is 1. The number of thiophene rings is 1. The van der Waals surface area contributed by atoms with Crippen molar-refractivity contribution in [2.45, 2.75) is 6.92 Å². The van der Waals surface area contributed by atoms with Crippen molar-refractivity contribution in [3.8, 4) is 0 Å². The van der Waals surface area contributed by atoms with Crippen LogP contribution in [0.3, 0.4) is 0 Å². The van der Waals surface area contributed by atoms with Crippen LogP contribution >= 0.6 is 22.9 Å². The zero-order valence-corrected chi connectivity index (χ0v) is 11.4. The van der Waals surface area contributed by atoms with E-state index in [4.69, 9.17) is 16.7 Å². The molecule has 0 aliphatic heterocycles. The lowest BCUT2D eigenvalue weighted by molar-refractivity contribution is 0.0703.